The first-order valence-corrected chi connectivity index (χ1v) is 17.2. The maximum absolute atomic E-state index is 14.4. The Morgan fingerprint density at radius 2 is 1.74 bits per heavy atom. The average molecular weight is 677 g/mol. The predicted molar refractivity (Wildman–Crippen MR) is 189 cm³/mol. The van der Waals surface area contributed by atoms with Gasteiger partial charge in [-0.15, -0.1) is 12.3 Å². The number of ketones is 1. The Balaban J connectivity index is 1.28. The molecule has 2 fully saturated rings. The van der Waals surface area contributed by atoms with Crippen molar-refractivity contribution < 1.29 is 29.0 Å². The van der Waals surface area contributed by atoms with Crippen molar-refractivity contribution in [2.24, 2.45) is 5.92 Å². The number of phenols is 1. The summed E-state index contributed by atoms with van der Waals surface area (Å²) in [7, 11) is 0. The molecule has 2 saturated heterocycles. The molecule has 3 atom stereocenters. The first-order valence-electron chi connectivity index (χ1n) is 17.2. The second-order valence-corrected chi connectivity index (χ2v) is 13.0. The van der Waals surface area contributed by atoms with Gasteiger partial charge in [-0.2, -0.15) is 0 Å². The number of fused-ring (bicyclic) bond motifs is 1. The van der Waals surface area contributed by atoms with Crippen LogP contribution in [0.25, 0.3) is 0 Å². The number of hydrogen-bond acceptors (Lipinski definition) is 7. The van der Waals surface area contributed by atoms with Crippen LogP contribution in [0.2, 0.25) is 0 Å². The molecule has 3 amide bonds. The van der Waals surface area contributed by atoms with Crippen LogP contribution in [0.1, 0.15) is 29.5 Å². The molecule has 10 heteroatoms. The maximum Gasteiger partial charge on any atom is 0.318 e. The summed E-state index contributed by atoms with van der Waals surface area (Å²) >= 11 is 0. The van der Waals surface area contributed by atoms with Crippen LogP contribution >= 0.6 is 0 Å². The Morgan fingerprint density at radius 3 is 2.50 bits per heavy atom. The highest BCUT2D eigenvalue weighted by Gasteiger charge is 2.46. The van der Waals surface area contributed by atoms with Gasteiger partial charge in [0.05, 0.1) is 31.2 Å². The molecule has 2 N–H and O–H groups in total. The molecule has 0 saturated carbocycles. The van der Waals surface area contributed by atoms with Crippen LogP contribution in [0, 0.1) is 18.3 Å². The lowest BCUT2D eigenvalue weighted by Gasteiger charge is -2.45. The van der Waals surface area contributed by atoms with E-state index >= 15 is 0 Å². The van der Waals surface area contributed by atoms with Crippen molar-refractivity contribution >= 4 is 17.7 Å². The minimum absolute atomic E-state index is 0.0624. The summed E-state index contributed by atoms with van der Waals surface area (Å²) in [6.45, 7) is 5.37. The molecule has 0 unspecified atom stereocenters. The number of likely N-dealkylation sites (tertiary alicyclic amines) is 1. The van der Waals surface area contributed by atoms with Gasteiger partial charge in [-0.1, -0.05) is 54.6 Å². The van der Waals surface area contributed by atoms with Crippen molar-refractivity contribution in [2.45, 2.75) is 44.4 Å². The molecule has 10 nitrogen and oxygen atoms in total. The minimum Gasteiger partial charge on any atom is -0.508 e. The van der Waals surface area contributed by atoms with Gasteiger partial charge in [-0.05, 0) is 59.0 Å². The van der Waals surface area contributed by atoms with E-state index in [1.807, 2.05) is 54.6 Å². The summed E-state index contributed by atoms with van der Waals surface area (Å²) in [6.07, 6.45) is 7.93. The van der Waals surface area contributed by atoms with Crippen molar-refractivity contribution in [3.63, 3.8) is 0 Å². The van der Waals surface area contributed by atoms with E-state index in [0.29, 0.717) is 31.7 Å². The first-order chi connectivity index (χ1) is 24.4. The number of amides is 3. The number of allylic oxidation sites excluding steroid dienone is 1. The number of benzene rings is 3. The highest BCUT2D eigenvalue weighted by atomic mass is 16.5. The summed E-state index contributed by atoms with van der Waals surface area (Å²) < 4.78 is 11.6. The first kappa shape index (κ1) is 34.7. The van der Waals surface area contributed by atoms with Gasteiger partial charge >= 0.3 is 6.03 Å². The fourth-order valence-electron chi connectivity index (χ4n) is 7.04. The summed E-state index contributed by atoms with van der Waals surface area (Å²) in [5, 5.41) is 13.0. The molecule has 50 heavy (non-hydrogen) atoms. The van der Waals surface area contributed by atoms with Gasteiger partial charge in [-0.25, -0.2) is 4.79 Å². The fraction of sp³-hybridized carbons (Fsp3) is 0.375. The largest absolute Gasteiger partial charge is 0.508 e. The number of nitrogens with one attached hydrogen (secondary N) is 1. The molecule has 0 radical (unpaired) electrons. The molecule has 6 rings (SSSR count). The van der Waals surface area contributed by atoms with E-state index < -0.39 is 18.0 Å². The van der Waals surface area contributed by atoms with E-state index in [2.05, 4.69) is 16.1 Å². The van der Waals surface area contributed by atoms with Gasteiger partial charge in [0.1, 0.15) is 18.1 Å². The lowest BCUT2D eigenvalue weighted by Crippen LogP contribution is -2.60. The summed E-state index contributed by atoms with van der Waals surface area (Å²) in [6, 6.07) is 22.6. The topological polar surface area (TPSA) is 112 Å². The van der Waals surface area contributed by atoms with Crippen LogP contribution in [0.4, 0.5) is 4.79 Å². The molecule has 0 aromatic heterocycles. The number of aromatic hydroxyl groups is 1. The van der Waals surface area contributed by atoms with Crippen LogP contribution in [0.3, 0.4) is 0 Å². The maximum atomic E-state index is 14.4. The highest BCUT2D eigenvalue weighted by molar-refractivity contribution is 5.95. The van der Waals surface area contributed by atoms with Gasteiger partial charge < -0.3 is 29.7 Å². The van der Waals surface area contributed by atoms with E-state index in [0.717, 1.165) is 55.3 Å². The van der Waals surface area contributed by atoms with Crippen LogP contribution in [0.15, 0.2) is 90.5 Å². The number of carbonyl (C=O) groups excluding carboxylic acids is 3. The second kappa shape index (κ2) is 16.5. The Bertz CT molecular complexity index is 1710. The zero-order valence-electron chi connectivity index (χ0n) is 28.2. The van der Waals surface area contributed by atoms with Crippen LogP contribution in [-0.4, -0.2) is 95.6 Å². The van der Waals surface area contributed by atoms with E-state index in [1.54, 1.807) is 40.1 Å². The Kier molecular flexibility index (Phi) is 11.5. The number of urea groups is 1. The molecule has 3 aromatic rings. The molecule has 0 spiro atoms. The molecule has 0 aliphatic carbocycles. The quantitative estimate of drug-likeness (QED) is 0.294. The average Bonchev–Trinajstić information content (AvgIpc) is 3.26. The lowest BCUT2D eigenvalue weighted by molar-refractivity contribution is -0.138. The Labute approximate surface area is 293 Å². The lowest BCUT2D eigenvalue weighted by atomic mass is 9.81. The molecule has 260 valence electrons. The van der Waals surface area contributed by atoms with Crippen molar-refractivity contribution in [2.75, 3.05) is 46.0 Å². The molecule has 3 heterocycles. The SMILES string of the molecule is C#CC[C@@H]1CC(=O)C=C2[C@@H](Cc3ccc(O)cc3)C(=O)N(Cc3cccc(OCCN4CCOCC4)c3)C[C@@H]2N1C(=O)NCc1ccccc1. The van der Waals surface area contributed by atoms with Crippen molar-refractivity contribution in [3.8, 4) is 23.8 Å². The second-order valence-electron chi connectivity index (χ2n) is 13.0. The Hall–Kier alpha value is -5.11. The van der Waals surface area contributed by atoms with Crippen molar-refractivity contribution in [1.82, 2.24) is 20.0 Å². The standard InChI is InChI=1S/C40H44N4O6/c1-2-7-32-24-34(46)25-36-37(23-29-12-14-33(45)15-13-29)39(47)43(28-38(36)44(32)40(48)41-26-30-8-4-3-5-9-30)27-31-10-6-11-35(22-31)50-21-18-42-16-19-49-20-17-42/h1,3-6,8-15,22,25,32,37-38,45H,7,16-21,23-24,26-28H2,(H,41,48)/t32-,37-,38+/m1/s1. The number of rotatable bonds is 11. The monoisotopic (exact) mass is 676 g/mol. The van der Waals surface area contributed by atoms with Crippen LogP contribution in [-0.2, 0) is 33.8 Å². The number of morpholine rings is 1. The third-order valence-corrected chi connectivity index (χ3v) is 9.59. The predicted octanol–water partition coefficient (Wildman–Crippen LogP) is 4.18. The molecular weight excluding hydrogens is 632 g/mol. The molecule has 3 aliphatic heterocycles. The zero-order valence-corrected chi connectivity index (χ0v) is 28.2. The Morgan fingerprint density at radius 1 is 0.980 bits per heavy atom. The van der Waals surface area contributed by atoms with Gasteiger partial charge in [-0.3, -0.25) is 14.5 Å². The van der Waals surface area contributed by atoms with Crippen LogP contribution < -0.4 is 10.1 Å². The zero-order chi connectivity index (χ0) is 34.9. The minimum atomic E-state index is -0.704. The normalized spacial score (nSPS) is 21.1. The number of phenolic OH excluding ortho intramolecular Hbond substituents is 1. The number of terminal acetylenes is 1. The third-order valence-electron chi connectivity index (χ3n) is 9.59. The highest BCUT2D eigenvalue weighted by Crippen LogP contribution is 2.36. The number of nitrogens with zero attached hydrogens (tertiary/aromatic N) is 3. The van der Waals surface area contributed by atoms with Gasteiger partial charge in [0.25, 0.3) is 0 Å². The molecular formula is C40H44N4O6. The van der Waals surface area contributed by atoms with Gasteiger partial charge in [0, 0.05) is 52.1 Å². The molecule has 3 aliphatic rings. The number of ether oxygens (including phenoxy) is 2. The smallest absolute Gasteiger partial charge is 0.318 e. The number of piperidine rings is 1. The van der Waals surface area contributed by atoms with Crippen molar-refractivity contribution in [1.29, 1.82) is 0 Å². The summed E-state index contributed by atoms with van der Waals surface area (Å²) in [4.78, 5) is 47.8. The molecule has 0 bridgehead atoms. The summed E-state index contributed by atoms with van der Waals surface area (Å²) in [5.41, 5.74) is 3.27. The number of hydrogen-bond donors (Lipinski definition) is 2. The van der Waals surface area contributed by atoms with E-state index in [4.69, 9.17) is 15.9 Å². The van der Waals surface area contributed by atoms with Crippen molar-refractivity contribution in [3.05, 3.63) is 107 Å². The van der Waals surface area contributed by atoms with E-state index in [-0.39, 0.29) is 42.9 Å². The summed E-state index contributed by atoms with van der Waals surface area (Å²) in [5.74, 6) is 2.52. The van der Waals surface area contributed by atoms with E-state index in [9.17, 15) is 19.5 Å². The third kappa shape index (κ3) is 8.72. The van der Waals surface area contributed by atoms with Gasteiger partial charge in [0.2, 0.25) is 5.91 Å². The molecule has 3 aromatic carbocycles. The fourth-order valence-corrected chi connectivity index (χ4v) is 7.04. The van der Waals surface area contributed by atoms with Crippen LogP contribution in [0.5, 0.6) is 11.5 Å². The number of carbonyl (C=O) groups is 3. The van der Waals surface area contributed by atoms with E-state index in [1.165, 1.54) is 0 Å². The van der Waals surface area contributed by atoms with Gasteiger partial charge in [0.15, 0.2) is 5.78 Å².